The van der Waals surface area contributed by atoms with Gasteiger partial charge in [0.05, 0.1) is 6.04 Å². The van der Waals surface area contributed by atoms with Crippen LogP contribution in [0.2, 0.25) is 0 Å². The van der Waals surface area contributed by atoms with E-state index < -0.39 is 0 Å². The molecule has 1 saturated heterocycles. The highest BCUT2D eigenvalue weighted by atomic mass is 32.2. The molecule has 2 N–H and O–H groups in total. The monoisotopic (exact) mass is 295 g/mol. The standard InChI is InChI=1S/C16H29N3S/c1-15(2)9-11(10-16(3,4)19-15)17-14-18-12-7-5-6-8-13(12)20-14/h11-13,19H,5-10H2,1-4H3,(H,17,18)/t12-,13+/m0/s1. The van der Waals surface area contributed by atoms with Gasteiger partial charge in [-0.15, -0.1) is 0 Å². The Bertz CT molecular complexity index is 387. The molecule has 1 saturated carbocycles. The van der Waals surface area contributed by atoms with E-state index in [-0.39, 0.29) is 11.1 Å². The maximum atomic E-state index is 4.95. The molecule has 0 spiro atoms. The van der Waals surface area contributed by atoms with Gasteiger partial charge in [-0.2, -0.15) is 0 Å². The minimum Gasteiger partial charge on any atom is -0.362 e. The van der Waals surface area contributed by atoms with Crippen molar-refractivity contribution in [2.75, 3.05) is 0 Å². The Morgan fingerprint density at radius 3 is 2.40 bits per heavy atom. The molecule has 2 aliphatic heterocycles. The van der Waals surface area contributed by atoms with Crippen molar-refractivity contribution in [1.29, 1.82) is 0 Å². The SMILES string of the molecule is CC1(C)CC(NC2=N[C@H]3CCCC[C@H]3S2)CC(C)(C)N1. The Hall–Kier alpha value is -0.220. The molecule has 0 radical (unpaired) electrons. The Kier molecular flexibility index (Phi) is 3.83. The minimum atomic E-state index is 0.204. The smallest absolute Gasteiger partial charge is 0.157 e. The number of rotatable bonds is 1. The number of piperidine rings is 1. The largest absolute Gasteiger partial charge is 0.362 e. The van der Waals surface area contributed by atoms with Crippen molar-refractivity contribution in [3.8, 4) is 0 Å². The summed E-state index contributed by atoms with van der Waals surface area (Å²) in [5.74, 6) is 0. The summed E-state index contributed by atoms with van der Waals surface area (Å²) in [4.78, 5) is 4.95. The molecule has 0 aromatic heterocycles. The second-order valence-electron chi connectivity index (χ2n) is 8.08. The van der Waals surface area contributed by atoms with Gasteiger partial charge >= 0.3 is 0 Å². The van der Waals surface area contributed by atoms with Crippen LogP contribution in [0.15, 0.2) is 4.99 Å². The van der Waals surface area contributed by atoms with Crippen LogP contribution in [0.1, 0.15) is 66.2 Å². The van der Waals surface area contributed by atoms with Gasteiger partial charge in [-0.1, -0.05) is 24.6 Å². The molecule has 2 fully saturated rings. The Labute approximate surface area is 127 Å². The van der Waals surface area contributed by atoms with Crippen LogP contribution < -0.4 is 10.6 Å². The molecular weight excluding hydrogens is 266 g/mol. The summed E-state index contributed by atoms with van der Waals surface area (Å²) in [6.45, 7) is 9.25. The molecule has 0 bridgehead atoms. The molecule has 3 aliphatic rings. The summed E-state index contributed by atoms with van der Waals surface area (Å²) in [7, 11) is 0. The van der Waals surface area contributed by atoms with Crippen molar-refractivity contribution in [2.24, 2.45) is 4.99 Å². The average molecular weight is 295 g/mol. The molecule has 2 atom stereocenters. The summed E-state index contributed by atoms with van der Waals surface area (Å²) in [5, 5.41) is 9.49. The van der Waals surface area contributed by atoms with Crippen LogP contribution in [0.25, 0.3) is 0 Å². The van der Waals surface area contributed by atoms with E-state index in [0.717, 1.165) is 5.25 Å². The molecule has 3 nitrogen and oxygen atoms in total. The Morgan fingerprint density at radius 1 is 1.10 bits per heavy atom. The van der Waals surface area contributed by atoms with Gasteiger partial charge in [-0.05, 0) is 53.4 Å². The Balaban J connectivity index is 1.63. The maximum absolute atomic E-state index is 4.95. The van der Waals surface area contributed by atoms with Gasteiger partial charge < -0.3 is 10.6 Å². The number of thioether (sulfide) groups is 1. The third kappa shape index (κ3) is 3.33. The molecule has 20 heavy (non-hydrogen) atoms. The van der Waals surface area contributed by atoms with Gasteiger partial charge in [-0.3, -0.25) is 4.99 Å². The zero-order valence-corrected chi connectivity index (χ0v) is 14.1. The van der Waals surface area contributed by atoms with E-state index in [4.69, 9.17) is 4.99 Å². The van der Waals surface area contributed by atoms with E-state index in [1.54, 1.807) is 0 Å². The lowest BCUT2D eigenvalue weighted by molar-refractivity contribution is 0.156. The highest BCUT2D eigenvalue weighted by Crippen LogP contribution is 2.37. The predicted molar refractivity (Wildman–Crippen MR) is 88.5 cm³/mol. The van der Waals surface area contributed by atoms with Crippen LogP contribution in [-0.4, -0.2) is 33.6 Å². The number of fused-ring (bicyclic) bond motifs is 1. The summed E-state index contributed by atoms with van der Waals surface area (Å²) < 4.78 is 0. The summed E-state index contributed by atoms with van der Waals surface area (Å²) in [5.41, 5.74) is 0.409. The summed E-state index contributed by atoms with van der Waals surface area (Å²) >= 11 is 2.01. The summed E-state index contributed by atoms with van der Waals surface area (Å²) in [6, 6.07) is 1.15. The zero-order chi connectivity index (χ0) is 14.4. The van der Waals surface area contributed by atoms with E-state index in [1.165, 1.54) is 43.7 Å². The second-order valence-corrected chi connectivity index (χ2v) is 9.31. The van der Waals surface area contributed by atoms with Gasteiger partial charge in [0.25, 0.3) is 0 Å². The first kappa shape index (κ1) is 14.7. The van der Waals surface area contributed by atoms with Gasteiger partial charge in [0, 0.05) is 22.4 Å². The molecule has 0 aromatic rings. The number of amidine groups is 1. The number of hydrogen-bond donors (Lipinski definition) is 2. The van der Waals surface area contributed by atoms with Crippen molar-refractivity contribution in [3.63, 3.8) is 0 Å². The first-order valence-corrected chi connectivity index (χ1v) is 9.01. The van der Waals surface area contributed by atoms with Crippen LogP contribution in [0, 0.1) is 0 Å². The van der Waals surface area contributed by atoms with Crippen LogP contribution in [-0.2, 0) is 0 Å². The van der Waals surface area contributed by atoms with Gasteiger partial charge in [0.1, 0.15) is 0 Å². The lowest BCUT2D eigenvalue weighted by Gasteiger charge is -2.46. The molecule has 0 aromatic carbocycles. The third-order valence-corrected chi connectivity index (χ3v) is 6.03. The lowest BCUT2D eigenvalue weighted by atomic mass is 9.80. The fourth-order valence-electron chi connectivity index (χ4n) is 4.36. The highest BCUT2D eigenvalue weighted by Gasteiger charge is 2.39. The number of hydrogen-bond acceptors (Lipinski definition) is 4. The van der Waals surface area contributed by atoms with Gasteiger partial charge in [-0.25, -0.2) is 0 Å². The molecular formula is C16H29N3S. The fraction of sp³-hybridized carbons (Fsp3) is 0.938. The molecule has 114 valence electrons. The van der Waals surface area contributed by atoms with Crippen molar-refractivity contribution in [1.82, 2.24) is 10.6 Å². The Morgan fingerprint density at radius 2 is 1.75 bits per heavy atom. The fourth-order valence-corrected chi connectivity index (χ4v) is 5.71. The number of nitrogens with zero attached hydrogens (tertiary/aromatic N) is 1. The van der Waals surface area contributed by atoms with E-state index in [2.05, 4.69) is 38.3 Å². The number of aliphatic imine (C=N–C) groups is 1. The summed E-state index contributed by atoms with van der Waals surface area (Å²) in [6.07, 6.45) is 7.76. The van der Waals surface area contributed by atoms with Crippen molar-refractivity contribution < 1.29 is 0 Å². The van der Waals surface area contributed by atoms with Crippen LogP contribution in [0.4, 0.5) is 0 Å². The van der Waals surface area contributed by atoms with Crippen LogP contribution in [0.5, 0.6) is 0 Å². The normalized spacial score (nSPS) is 36.3. The van der Waals surface area contributed by atoms with Crippen LogP contribution in [0.3, 0.4) is 0 Å². The van der Waals surface area contributed by atoms with E-state index in [0.29, 0.717) is 12.1 Å². The predicted octanol–water partition coefficient (Wildman–Crippen LogP) is 3.30. The second kappa shape index (κ2) is 5.20. The molecule has 4 heteroatoms. The van der Waals surface area contributed by atoms with Crippen LogP contribution >= 0.6 is 11.8 Å². The zero-order valence-electron chi connectivity index (χ0n) is 13.3. The molecule has 3 rings (SSSR count). The lowest BCUT2D eigenvalue weighted by Crippen LogP contribution is -2.62. The van der Waals surface area contributed by atoms with Crippen molar-refractivity contribution in [2.45, 2.75) is 94.6 Å². The molecule has 0 unspecified atom stereocenters. The molecule has 0 amide bonds. The van der Waals surface area contributed by atoms with Gasteiger partial charge in [0.2, 0.25) is 0 Å². The van der Waals surface area contributed by atoms with E-state index in [1.807, 2.05) is 11.8 Å². The quantitative estimate of drug-likeness (QED) is 0.779. The number of nitrogens with one attached hydrogen (secondary N) is 2. The first-order chi connectivity index (χ1) is 9.33. The third-order valence-electron chi connectivity index (χ3n) is 4.73. The first-order valence-electron chi connectivity index (χ1n) is 8.13. The maximum Gasteiger partial charge on any atom is 0.157 e. The molecule has 2 heterocycles. The van der Waals surface area contributed by atoms with E-state index >= 15 is 0 Å². The average Bonchev–Trinajstić information content (AvgIpc) is 2.66. The topological polar surface area (TPSA) is 36.4 Å². The van der Waals surface area contributed by atoms with Crippen molar-refractivity contribution >= 4 is 16.9 Å². The molecule has 1 aliphatic carbocycles. The highest BCUT2D eigenvalue weighted by molar-refractivity contribution is 8.14. The van der Waals surface area contributed by atoms with E-state index in [9.17, 15) is 0 Å². The van der Waals surface area contributed by atoms with Gasteiger partial charge in [0.15, 0.2) is 5.17 Å². The van der Waals surface area contributed by atoms with Crippen molar-refractivity contribution in [3.05, 3.63) is 0 Å². The minimum absolute atomic E-state index is 0.204.